The number of rotatable bonds is 14. The summed E-state index contributed by atoms with van der Waals surface area (Å²) in [5.74, 6) is -1.81. The van der Waals surface area contributed by atoms with Gasteiger partial charge >= 0.3 is 5.97 Å². The zero-order chi connectivity index (χ0) is 25.6. The lowest BCUT2D eigenvalue weighted by molar-refractivity contribution is -0.139. The lowest BCUT2D eigenvalue weighted by Gasteiger charge is -2.24. The van der Waals surface area contributed by atoms with Crippen LogP contribution >= 0.6 is 0 Å². The van der Waals surface area contributed by atoms with E-state index in [0.29, 0.717) is 32.2 Å². The Bertz CT molecular complexity index is 902. The zero-order valence-electron chi connectivity index (χ0n) is 20.1. The SMILES string of the molecule is CC(C)CC(NC(=O)CNC=O)C(=O)NC(/C=C/C(=O)OCc1ccccc1)CC1CCNC1=O. The van der Waals surface area contributed by atoms with Crippen LogP contribution in [0.1, 0.15) is 38.7 Å². The van der Waals surface area contributed by atoms with Crippen LogP contribution in [0.5, 0.6) is 0 Å². The molecular weight excluding hydrogens is 452 g/mol. The van der Waals surface area contributed by atoms with Gasteiger partial charge in [-0.05, 0) is 30.7 Å². The van der Waals surface area contributed by atoms with Gasteiger partial charge in [0.2, 0.25) is 24.1 Å². The highest BCUT2D eigenvalue weighted by molar-refractivity contribution is 5.89. The topological polar surface area (TPSA) is 143 Å². The molecule has 0 spiro atoms. The van der Waals surface area contributed by atoms with Crippen LogP contribution in [0.3, 0.4) is 0 Å². The second-order valence-electron chi connectivity index (χ2n) is 8.83. The van der Waals surface area contributed by atoms with Gasteiger partial charge in [0.25, 0.3) is 0 Å². The molecule has 2 rings (SSSR count). The van der Waals surface area contributed by atoms with Crippen molar-refractivity contribution in [2.24, 2.45) is 11.8 Å². The Morgan fingerprint density at radius 1 is 1.17 bits per heavy atom. The Morgan fingerprint density at radius 2 is 1.91 bits per heavy atom. The lowest BCUT2D eigenvalue weighted by atomic mass is 9.97. The predicted molar refractivity (Wildman–Crippen MR) is 128 cm³/mol. The summed E-state index contributed by atoms with van der Waals surface area (Å²) < 4.78 is 5.25. The number of esters is 1. The quantitative estimate of drug-likeness (QED) is 0.172. The minimum Gasteiger partial charge on any atom is -0.458 e. The van der Waals surface area contributed by atoms with Crippen molar-refractivity contribution < 1.29 is 28.7 Å². The molecule has 0 aliphatic carbocycles. The average Bonchev–Trinajstić information content (AvgIpc) is 3.23. The molecule has 190 valence electrons. The van der Waals surface area contributed by atoms with E-state index in [1.807, 2.05) is 44.2 Å². The van der Waals surface area contributed by atoms with Crippen LogP contribution in [-0.2, 0) is 35.3 Å². The lowest BCUT2D eigenvalue weighted by Crippen LogP contribution is -2.51. The monoisotopic (exact) mass is 486 g/mol. The summed E-state index contributed by atoms with van der Waals surface area (Å²) in [5.41, 5.74) is 0.845. The Labute approximate surface area is 205 Å². The van der Waals surface area contributed by atoms with Gasteiger partial charge < -0.3 is 26.0 Å². The van der Waals surface area contributed by atoms with E-state index < -0.39 is 29.9 Å². The van der Waals surface area contributed by atoms with Gasteiger partial charge in [0.05, 0.1) is 6.54 Å². The van der Waals surface area contributed by atoms with E-state index in [9.17, 15) is 24.0 Å². The summed E-state index contributed by atoms with van der Waals surface area (Å²) in [4.78, 5) is 59.9. The molecule has 1 aromatic rings. The first kappa shape index (κ1) is 27.6. The third kappa shape index (κ3) is 10.4. The molecular formula is C25H34N4O6. The standard InChI is InChI=1S/C25H34N4O6/c1-17(2)12-21(29-22(31)14-26-16-30)25(34)28-20(13-19-10-11-27-24(19)33)8-9-23(32)35-15-18-6-4-3-5-7-18/h3-9,16-17,19-21H,10-15H2,1-2H3,(H,26,30)(H,27,33)(H,28,34)(H,29,31)/b9-8+. The first-order valence-corrected chi connectivity index (χ1v) is 11.7. The van der Waals surface area contributed by atoms with Gasteiger partial charge in [-0.2, -0.15) is 0 Å². The van der Waals surface area contributed by atoms with Gasteiger partial charge in [0, 0.05) is 24.6 Å². The van der Waals surface area contributed by atoms with Crippen molar-refractivity contribution in [2.75, 3.05) is 13.1 Å². The third-order valence-corrected chi connectivity index (χ3v) is 5.42. The van der Waals surface area contributed by atoms with Gasteiger partial charge in [-0.25, -0.2) is 4.79 Å². The van der Waals surface area contributed by atoms with Crippen molar-refractivity contribution in [1.29, 1.82) is 0 Å². The molecule has 1 aliphatic heterocycles. The van der Waals surface area contributed by atoms with E-state index in [4.69, 9.17) is 4.74 Å². The van der Waals surface area contributed by atoms with E-state index in [-0.39, 0.29) is 30.9 Å². The summed E-state index contributed by atoms with van der Waals surface area (Å²) in [5, 5.41) is 10.5. The van der Waals surface area contributed by atoms with Crippen LogP contribution in [0.15, 0.2) is 42.5 Å². The maximum atomic E-state index is 13.0. The van der Waals surface area contributed by atoms with E-state index in [1.54, 1.807) is 0 Å². The Kier molecular flexibility index (Phi) is 11.5. The normalized spacial score (nSPS) is 16.9. The number of nitrogens with one attached hydrogen (secondary N) is 4. The smallest absolute Gasteiger partial charge is 0.330 e. The Balaban J connectivity index is 2.05. The molecule has 1 fully saturated rings. The minimum atomic E-state index is -0.839. The van der Waals surface area contributed by atoms with Crippen molar-refractivity contribution in [1.82, 2.24) is 21.3 Å². The number of benzene rings is 1. The number of ether oxygens (including phenoxy) is 1. The molecule has 3 atom stereocenters. The molecule has 1 aromatic carbocycles. The summed E-state index contributed by atoms with van der Waals surface area (Å²) in [6.45, 7) is 4.26. The highest BCUT2D eigenvalue weighted by Gasteiger charge is 2.29. The van der Waals surface area contributed by atoms with Crippen LogP contribution in [-0.4, -0.2) is 55.3 Å². The number of hydrogen-bond acceptors (Lipinski definition) is 6. The van der Waals surface area contributed by atoms with E-state index in [1.165, 1.54) is 12.2 Å². The number of hydrogen-bond donors (Lipinski definition) is 4. The third-order valence-electron chi connectivity index (χ3n) is 5.42. The molecule has 10 heteroatoms. The maximum Gasteiger partial charge on any atom is 0.330 e. The fraction of sp³-hybridized carbons (Fsp3) is 0.480. The molecule has 0 radical (unpaired) electrons. The van der Waals surface area contributed by atoms with Crippen molar-refractivity contribution in [3.8, 4) is 0 Å². The van der Waals surface area contributed by atoms with Gasteiger partial charge in [-0.1, -0.05) is 50.3 Å². The highest BCUT2D eigenvalue weighted by atomic mass is 16.5. The summed E-state index contributed by atoms with van der Waals surface area (Å²) >= 11 is 0. The summed E-state index contributed by atoms with van der Waals surface area (Å²) in [6.07, 6.45) is 4.46. The molecule has 0 bridgehead atoms. The van der Waals surface area contributed by atoms with Gasteiger partial charge in [-0.15, -0.1) is 0 Å². The summed E-state index contributed by atoms with van der Waals surface area (Å²) in [6, 6.07) is 7.77. The molecule has 35 heavy (non-hydrogen) atoms. The zero-order valence-corrected chi connectivity index (χ0v) is 20.1. The fourth-order valence-corrected chi connectivity index (χ4v) is 3.70. The largest absolute Gasteiger partial charge is 0.458 e. The first-order valence-electron chi connectivity index (χ1n) is 11.7. The van der Waals surface area contributed by atoms with Crippen LogP contribution in [0.2, 0.25) is 0 Å². The fourth-order valence-electron chi connectivity index (χ4n) is 3.70. The van der Waals surface area contributed by atoms with Crippen molar-refractivity contribution >= 4 is 30.1 Å². The van der Waals surface area contributed by atoms with Crippen LogP contribution < -0.4 is 21.3 Å². The van der Waals surface area contributed by atoms with Crippen LogP contribution in [0.25, 0.3) is 0 Å². The van der Waals surface area contributed by atoms with Crippen LogP contribution in [0, 0.1) is 11.8 Å². The molecule has 3 unspecified atom stereocenters. The second kappa shape index (κ2) is 14.5. The predicted octanol–water partition coefficient (Wildman–Crippen LogP) is 0.574. The molecule has 1 saturated heterocycles. The summed E-state index contributed by atoms with van der Waals surface area (Å²) in [7, 11) is 0. The number of amides is 4. The highest BCUT2D eigenvalue weighted by Crippen LogP contribution is 2.17. The second-order valence-corrected chi connectivity index (χ2v) is 8.83. The molecule has 4 amide bonds. The molecule has 0 aromatic heterocycles. The maximum absolute atomic E-state index is 13.0. The number of carbonyl (C=O) groups excluding carboxylic acids is 5. The molecule has 0 saturated carbocycles. The van der Waals surface area contributed by atoms with Crippen molar-refractivity contribution in [3.63, 3.8) is 0 Å². The van der Waals surface area contributed by atoms with E-state index >= 15 is 0 Å². The molecule has 10 nitrogen and oxygen atoms in total. The van der Waals surface area contributed by atoms with Crippen LogP contribution in [0.4, 0.5) is 0 Å². The molecule has 4 N–H and O–H groups in total. The first-order chi connectivity index (χ1) is 16.8. The Morgan fingerprint density at radius 3 is 2.54 bits per heavy atom. The number of carbonyl (C=O) groups is 5. The van der Waals surface area contributed by atoms with Crippen molar-refractivity contribution in [2.45, 2.75) is 51.8 Å². The van der Waals surface area contributed by atoms with Crippen molar-refractivity contribution in [3.05, 3.63) is 48.0 Å². The minimum absolute atomic E-state index is 0.101. The Hall–Kier alpha value is -3.69. The average molecular weight is 487 g/mol. The van der Waals surface area contributed by atoms with Gasteiger partial charge in [-0.3, -0.25) is 19.2 Å². The van der Waals surface area contributed by atoms with E-state index in [2.05, 4.69) is 21.3 Å². The van der Waals surface area contributed by atoms with Gasteiger partial charge in [0.15, 0.2) is 0 Å². The van der Waals surface area contributed by atoms with E-state index in [0.717, 1.165) is 5.56 Å². The van der Waals surface area contributed by atoms with Gasteiger partial charge in [0.1, 0.15) is 12.6 Å². The molecule has 1 heterocycles. The molecule has 1 aliphatic rings.